The molecule has 4 aromatic rings. The van der Waals surface area contributed by atoms with Gasteiger partial charge in [-0.2, -0.15) is 10.2 Å². The Labute approximate surface area is 219 Å². The minimum atomic E-state index is -0.511. The number of aromatic nitrogens is 5. The molecule has 2 aliphatic rings. The molecule has 0 bridgehead atoms. The van der Waals surface area contributed by atoms with Gasteiger partial charge in [0.15, 0.2) is 5.82 Å². The van der Waals surface area contributed by atoms with Crippen LogP contribution in [0.5, 0.6) is 0 Å². The topological polar surface area (TPSA) is 124 Å². The Morgan fingerprint density at radius 2 is 1.89 bits per heavy atom. The van der Waals surface area contributed by atoms with Gasteiger partial charge >= 0.3 is 0 Å². The number of amides is 2. The second-order valence-corrected chi connectivity index (χ2v) is 9.78. The summed E-state index contributed by atoms with van der Waals surface area (Å²) < 4.78 is 9.41. The zero-order valence-corrected chi connectivity index (χ0v) is 21.4. The lowest BCUT2D eigenvalue weighted by Gasteiger charge is -2.38. The molecular formula is C27H30N8O3. The van der Waals surface area contributed by atoms with Gasteiger partial charge in [0.05, 0.1) is 17.4 Å². The van der Waals surface area contributed by atoms with Crippen molar-refractivity contribution >= 4 is 28.8 Å². The van der Waals surface area contributed by atoms with Crippen molar-refractivity contribution < 1.29 is 14.3 Å². The number of nitrogens with zero attached hydrogens (tertiary/aromatic N) is 7. The van der Waals surface area contributed by atoms with Gasteiger partial charge in [-0.05, 0) is 44.0 Å². The van der Waals surface area contributed by atoms with E-state index in [1.807, 2.05) is 36.5 Å². The van der Waals surface area contributed by atoms with Gasteiger partial charge in [-0.1, -0.05) is 12.1 Å². The molecule has 0 radical (unpaired) electrons. The lowest BCUT2D eigenvalue weighted by molar-refractivity contribution is -0.139. The van der Waals surface area contributed by atoms with Crippen LogP contribution in [0, 0.1) is 0 Å². The molecule has 1 atom stereocenters. The molecule has 2 fully saturated rings. The number of ether oxygens (including phenoxy) is 1. The van der Waals surface area contributed by atoms with Crippen LogP contribution in [-0.2, 0) is 14.3 Å². The highest BCUT2D eigenvalue weighted by Gasteiger charge is 2.34. The number of piperazine rings is 1. The summed E-state index contributed by atoms with van der Waals surface area (Å²) in [6, 6.07) is 11.6. The largest absolute Gasteiger partial charge is 0.382 e. The van der Waals surface area contributed by atoms with Gasteiger partial charge in [-0.15, -0.1) is 0 Å². The first-order chi connectivity index (χ1) is 18.4. The van der Waals surface area contributed by atoms with Crippen molar-refractivity contribution in [3.05, 3.63) is 48.9 Å². The first kappa shape index (κ1) is 24.1. The van der Waals surface area contributed by atoms with E-state index in [0.29, 0.717) is 37.6 Å². The van der Waals surface area contributed by atoms with E-state index in [9.17, 15) is 9.59 Å². The van der Waals surface area contributed by atoms with Crippen molar-refractivity contribution in [1.29, 1.82) is 0 Å². The maximum atomic E-state index is 13.2. The van der Waals surface area contributed by atoms with E-state index in [1.54, 1.807) is 21.2 Å². The first-order valence-electron chi connectivity index (χ1n) is 12.9. The maximum absolute atomic E-state index is 13.2. The van der Waals surface area contributed by atoms with Gasteiger partial charge in [0, 0.05) is 56.2 Å². The third kappa shape index (κ3) is 3.99. The van der Waals surface area contributed by atoms with Crippen molar-refractivity contribution in [3.63, 3.8) is 0 Å². The van der Waals surface area contributed by atoms with Gasteiger partial charge in [0.1, 0.15) is 17.9 Å². The normalized spacial score (nSPS) is 18.9. The fraction of sp³-hybridized carbons (Fsp3) is 0.370. The highest BCUT2D eigenvalue weighted by Crippen LogP contribution is 2.37. The van der Waals surface area contributed by atoms with Gasteiger partial charge < -0.3 is 20.3 Å². The van der Waals surface area contributed by atoms with Crippen molar-refractivity contribution in [2.75, 3.05) is 36.9 Å². The molecule has 6 rings (SSSR count). The molecule has 38 heavy (non-hydrogen) atoms. The van der Waals surface area contributed by atoms with E-state index >= 15 is 0 Å². The number of nitrogens with two attached hydrogens (primary N) is 1. The van der Waals surface area contributed by atoms with E-state index in [2.05, 4.69) is 25.9 Å². The van der Waals surface area contributed by atoms with Crippen molar-refractivity contribution in [2.24, 2.45) is 0 Å². The van der Waals surface area contributed by atoms with Crippen LogP contribution in [0.2, 0.25) is 0 Å². The van der Waals surface area contributed by atoms with Gasteiger partial charge in [-0.25, -0.2) is 9.50 Å². The summed E-state index contributed by atoms with van der Waals surface area (Å²) in [6.07, 6.45) is 5.04. The Morgan fingerprint density at radius 3 is 2.68 bits per heavy atom. The maximum Gasteiger partial charge on any atom is 0.249 e. The summed E-state index contributed by atoms with van der Waals surface area (Å²) in [5.74, 6) is 0.182. The third-order valence-corrected chi connectivity index (χ3v) is 7.58. The standard InChI is InChI=1S/C27H30N8O3/c1-17-27(37)33(11-10-32(17)18(2)36)21-5-3-4-19(14-21)24-15-22(25-26(28)29-16-31-35(24)25)23-6-9-30-34(23)20-7-12-38-13-8-20/h3-6,9,14-17,20H,7-8,10-13H2,1-2H3,(H2,28,29,31). The van der Waals surface area contributed by atoms with Crippen LogP contribution >= 0.6 is 0 Å². The van der Waals surface area contributed by atoms with E-state index in [1.165, 1.54) is 13.3 Å². The molecule has 2 N–H and O–H groups in total. The SMILES string of the molecule is CC(=O)N1CCN(c2cccc(-c3cc(-c4ccnn4C4CCOCC4)c4c(N)ncnn34)c2)C(=O)C1C. The molecule has 5 heterocycles. The Balaban J connectivity index is 1.42. The minimum Gasteiger partial charge on any atom is -0.382 e. The average Bonchev–Trinajstić information content (AvgIpc) is 3.56. The van der Waals surface area contributed by atoms with Gasteiger partial charge in [-0.3, -0.25) is 14.3 Å². The first-order valence-corrected chi connectivity index (χ1v) is 12.9. The zero-order valence-electron chi connectivity index (χ0n) is 21.4. The van der Waals surface area contributed by atoms with Gasteiger partial charge in [0.2, 0.25) is 11.8 Å². The molecule has 11 heteroatoms. The summed E-state index contributed by atoms with van der Waals surface area (Å²) in [4.78, 5) is 32.7. The van der Waals surface area contributed by atoms with Crippen LogP contribution in [0.4, 0.5) is 11.5 Å². The van der Waals surface area contributed by atoms with Crippen LogP contribution in [0.1, 0.15) is 32.7 Å². The van der Waals surface area contributed by atoms with Crippen LogP contribution < -0.4 is 10.6 Å². The van der Waals surface area contributed by atoms with Crippen LogP contribution in [0.25, 0.3) is 28.0 Å². The Morgan fingerprint density at radius 1 is 1.08 bits per heavy atom. The third-order valence-electron chi connectivity index (χ3n) is 7.58. The van der Waals surface area contributed by atoms with Crippen LogP contribution in [0.3, 0.4) is 0 Å². The second-order valence-electron chi connectivity index (χ2n) is 9.78. The lowest BCUT2D eigenvalue weighted by Crippen LogP contribution is -2.57. The number of carbonyl (C=O) groups excluding carboxylic acids is 2. The van der Waals surface area contributed by atoms with Crippen molar-refractivity contribution in [1.82, 2.24) is 29.3 Å². The van der Waals surface area contributed by atoms with Gasteiger partial charge in [0.25, 0.3) is 0 Å². The summed E-state index contributed by atoms with van der Waals surface area (Å²) in [6.45, 7) is 5.62. The summed E-state index contributed by atoms with van der Waals surface area (Å²) in [5, 5.41) is 9.18. The second kappa shape index (κ2) is 9.56. The van der Waals surface area contributed by atoms with E-state index in [0.717, 1.165) is 41.0 Å². The predicted octanol–water partition coefficient (Wildman–Crippen LogP) is 2.78. The number of rotatable bonds is 4. The van der Waals surface area contributed by atoms with Crippen LogP contribution in [-0.4, -0.2) is 73.4 Å². The fourth-order valence-corrected chi connectivity index (χ4v) is 5.61. The summed E-state index contributed by atoms with van der Waals surface area (Å²) in [5.41, 5.74) is 11.4. The molecule has 196 valence electrons. The molecule has 3 aromatic heterocycles. The quantitative estimate of drug-likeness (QED) is 0.444. The number of anilines is 2. The Kier molecular flexibility index (Phi) is 6.07. The van der Waals surface area contributed by atoms with Crippen molar-refractivity contribution in [2.45, 2.75) is 38.8 Å². The molecular weight excluding hydrogens is 484 g/mol. The molecule has 0 aliphatic carbocycles. The molecule has 2 amide bonds. The molecule has 1 unspecified atom stereocenters. The number of hydrogen-bond acceptors (Lipinski definition) is 7. The molecule has 0 spiro atoms. The Bertz CT molecular complexity index is 1520. The van der Waals surface area contributed by atoms with Crippen LogP contribution in [0.15, 0.2) is 48.9 Å². The smallest absolute Gasteiger partial charge is 0.249 e. The predicted molar refractivity (Wildman–Crippen MR) is 142 cm³/mol. The monoisotopic (exact) mass is 514 g/mol. The summed E-state index contributed by atoms with van der Waals surface area (Å²) >= 11 is 0. The number of carbonyl (C=O) groups is 2. The zero-order chi connectivity index (χ0) is 26.4. The molecule has 1 aromatic carbocycles. The van der Waals surface area contributed by atoms with E-state index in [4.69, 9.17) is 10.5 Å². The molecule has 2 saturated heterocycles. The summed E-state index contributed by atoms with van der Waals surface area (Å²) in [7, 11) is 0. The number of hydrogen-bond donors (Lipinski definition) is 1. The minimum absolute atomic E-state index is 0.0938. The van der Waals surface area contributed by atoms with E-state index < -0.39 is 6.04 Å². The Hall–Kier alpha value is -4.25. The molecule has 11 nitrogen and oxygen atoms in total. The highest BCUT2D eigenvalue weighted by molar-refractivity contribution is 6.00. The average molecular weight is 515 g/mol. The van der Waals surface area contributed by atoms with Crippen molar-refractivity contribution in [3.8, 4) is 22.5 Å². The number of nitrogen functional groups attached to an aromatic ring is 1. The van der Waals surface area contributed by atoms with E-state index in [-0.39, 0.29) is 17.9 Å². The fourth-order valence-electron chi connectivity index (χ4n) is 5.61. The lowest BCUT2D eigenvalue weighted by atomic mass is 10.1. The molecule has 0 saturated carbocycles. The highest BCUT2D eigenvalue weighted by atomic mass is 16.5. The number of fused-ring (bicyclic) bond motifs is 1. The number of benzene rings is 1. The molecule has 2 aliphatic heterocycles.